The van der Waals surface area contributed by atoms with Crippen molar-refractivity contribution < 1.29 is 19.4 Å². The number of hydrogen-bond donors (Lipinski definition) is 3. The van der Waals surface area contributed by atoms with Gasteiger partial charge >= 0.3 is 6.09 Å². The van der Waals surface area contributed by atoms with Gasteiger partial charge in [0.15, 0.2) is 0 Å². The minimum Gasteiger partial charge on any atom is -0.506 e. The van der Waals surface area contributed by atoms with Crippen molar-refractivity contribution in [3.05, 3.63) is 85.1 Å². The number of amides is 2. The zero-order valence-corrected chi connectivity index (χ0v) is 20.5. The molecule has 0 saturated carbocycles. The fourth-order valence-electron chi connectivity index (χ4n) is 2.74. The second-order valence-corrected chi connectivity index (χ2v) is 8.90. The Labute approximate surface area is 206 Å². The minimum atomic E-state index is -0.901. The van der Waals surface area contributed by atoms with Gasteiger partial charge in [0.25, 0.3) is 0 Å². The fourth-order valence-corrected chi connectivity index (χ4v) is 4.64. The summed E-state index contributed by atoms with van der Waals surface area (Å²) in [4.78, 5) is 29.4. The average molecular weight is 643 g/mol. The van der Waals surface area contributed by atoms with Crippen LogP contribution in [0.1, 0.15) is 11.1 Å². The molecule has 1 aromatic heterocycles. The molecule has 0 aliphatic carbocycles. The van der Waals surface area contributed by atoms with Crippen LogP contribution in [0.4, 0.5) is 10.6 Å². The summed E-state index contributed by atoms with van der Waals surface area (Å²) in [6.45, 7) is 0.0935. The summed E-state index contributed by atoms with van der Waals surface area (Å²) in [5, 5.41) is 15.3. The van der Waals surface area contributed by atoms with Crippen LogP contribution in [0.5, 0.6) is 5.75 Å². The van der Waals surface area contributed by atoms with Gasteiger partial charge in [-0.3, -0.25) is 4.79 Å². The van der Waals surface area contributed by atoms with Crippen molar-refractivity contribution >= 4 is 63.0 Å². The summed E-state index contributed by atoms with van der Waals surface area (Å²) in [7, 11) is 0. The highest BCUT2D eigenvalue weighted by Gasteiger charge is 2.23. The number of nitrogens with one attached hydrogen (secondary N) is 2. The third-order valence-corrected chi connectivity index (χ3v) is 5.90. The molecule has 9 heteroatoms. The molecule has 3 aromatic rings. The van der Waals surface area contributed by atoms with Crippen LogP contribution in [-0.2, 0) is 22.6 Å². The van der Waals surface area contributed by atoms with Crippen molar-refractivity contribution in [1.82, 2.24) is 10.3 Å². The molecule has 0 radical (unpaired) electrons. The molecular weight excluding hydrogens is 624 g/mol. The van der Waals surface area contributed by atoms with Crippen LogP contribution >= 0.6 is 45.2 Å². The molecule has 31 heavy (non-hydrogen) atoms. The van der Waals surface area contributed by atoms with Gasteiger partial charge in [-0.15, -0.1) is 0 Å². The van der Waals surface area contributed by atoms with Gasteiger partial charge in [-0.25, -0.2) is 9.78 Å². The number of ether oxygens (including phenoxy) is 1. The van der Waals surface area contributed by atoms with Crippen LogP contribution in [0.25, 0.3) is 0 Å². The number of phenolic OH excluding ortho intramolecular Hbond substituents is 1. The third-order valence-electron chi connectivity index (χ3n) is 4.25. The Balaban J connectivity index is 1.73. The lowest BCUT2D eigenvalue weighted by molar-refractivity contribution is -0.118. The maximum Gasteiger partial charge on any atom is 0.408 e. The summed E-state index contributed by atoms with van der Waals surface area (Å²) in [6.07, 6.45) is 1.08. The van der Waals surface area contributed by atoms with E-state index in [1.807, 2.05) is 75.5 Å². The quantitative estimate of drug-likeness (QED) is 0.330. The van der Waals surface area contributed by atoms with E-state index in [9.17, 15) is 14.7 Å². The highest BCUT2D eigenvalue weighted by molar-refractivity contribution is 14.1. The lowest BCUT2D eigenvalue weighted by atomic mass is 10.1. The SMILES string of the molecule is O=C(N[C@H](Cc1cc(I)c(O)c(I)c1)C(=O)Nc1ccccn1)OCc1ccccc1. The summed E-state index contributed by atoms with van der Waals surface area (Å²) in [5.74, 6) is 0.148. The summed E-state index contributed by atoms with van der Waals surface area (Å²) in [6, 6.07) is 17.1. The maximum absolute atomic E-state index is 12.9. The topological polar surface area (TPSA) is 101 Å². The van der Waals surface area contributed by atoms with Gasteiger partial charge in [-0.05, 0) is 80.6 Å². The second-order valence-electron chi connectivity index (χ2n) is 6.58. The number of phenols is 1. The molecule has 0 aliphatic heterocycles. The lowest BCUT2D eigenvalue weighted by Gasteiger charge is -2.19. The molecular formula is C22H19I2N3O4. The number of aromatic nitrogens is 1. The Morgan fingerprint density at radius 3 is 2.32 bits per heavy atom. The number of carbonyl (C=O) groups excluding carboxylic acids is 2. The van der Waals surface area contributed by atoms with Gasteiger partial charge in [-0.1, -0.05) is 36.4 Å². The number of aromatic hydroxyl groups is 1. The molecule has 160 valence electrons. The number of hydrogen-bond acceptors (Lipinski definition) is 5. The van der Waals surface area contributed by atoms with Gasteiger partial charge in [0.05, 0.1) is 7.14 Å². The molecule has 0 fully saturated rings. The van der Waals surface area contributed by atoms with E-state index in [0.29, 0.717) is 13.0 Å². The van der Waals surface area contributed by atoms with Crippen LogP contribution in [-0.4, -0.2) is 28.1 Å². The van der Waals surface area contributed by atoms with Gasteiger partial charge in [0.2, 0.25) is 5.91 Å². The first-order chi connectivity index (χ1) is 14.9. The van der Waals surface area contributed by atoms with E-state index in [2.05, 4.69) is 15.6 Å². The molecule has 0 unspecified atom stereocenters. The first kappa shape index (κ1) is 23.3. The first-order valence-corrected chi connectivity index (χ1v) is 11.4. The van der Waals surface area contributed by atoms with Crippen molar-refractivity contribution in [2.45, 2.75) is 19.1 Å². The molecule has 0 saturated heterocycles. The molecule has 7 nitrogen and oxygen atoms in total. The number of carbonyl (C=O) groups is 2. The summed E-state index contributed by atoms with van der Waals surface area (Å²) < 4.78 is 6.60. The van der Waals surface area contributed by atoms with Gasteiger partial charge in [0, 0.05) is 12.6 Å². The normalized spacial score (nSPS) is 11.4. The largest absolute Gasteiger partial charge is 0.506 e. The monoisotopic (exact) mass is 643 g/mol. The van der Waals surface area contributed by atoms with Crippen molar-refractivity contribution in [2.24, 2.45) is 0 Å². The first-order valence-electron chi connectivity index (χ1n) is 9.28. The number of benzene rings is 2. The zero-order chi connectivity index (χ0) is 22.2. The van der Waals surface area contributed by atoms with Crippen molar-refractivity contribution in [3.63, 3.8) is 0 Å². The Morgan fingerprint density at radius 1 is 1.00 bits per heavy atom. The summed E-state index contributed by atoms with van der Waals surface area (Å²) >= 11 is 4.05. The summed E-state index contributed by atoms with van der Waals surface area (Å²) in [5.41, 5.74) is 1.63. The van der Waals surface area contributed by atoms with E-state index in [-0.39, 0.29) is 18.8 Å². The molecule has 3 N–H and O–H groups in total. The Bertz CT molecular complexity index is 1030. The van der Waals surface area contributed by atoms with Crippen LogP contribution in [0, 0.1) is 7.14 Å². The van der Waals surface area contributed by atoms with E-state index < -0.39 is 18.0 Å². The predicted molar refractivity (Wildman–Crippen MR) is 134 cm³/mol. The minimum absolute atomic E-state index is 0.0935. The molecule has 0 bridgehead atoms. The van der Waals surface area contributed by atoms with Crippen molar-refractivity contribution in [2.75, 3.05) is 5.32 Å². The predicted octanol–water partition coefficient (Wildman–Crippen LogP) is 4.47. The fraction of sp³-hybridized carbons (Fsp3) is 0.136. The molecule has 0 aliphatic rings. The number of rotatable bonds is 7. The van der Waals surface area contributed by atoms with E-state index in [4.69, 9.17) is 4.74 Å². The van der Waals surface area contributed by atoms with Gasteiger partial charge in [0.1, 0.15) is 24.2 Å². The van der Waals surface area contributed by atoms with Gasteiger partial charge in [-0.2, -0.15) is 0 Å². The van der Waals surface area contributed by atoms with Crippen molar-refractivity contribution in [1.29, 1.82) is 0 Å². The van der Waals surface area contributed by atoms with E-state index in [1.54, 1.807) is 36.5 Å². The Hall–Kier alpha value is -2.41. The number of pyridine rings is 1. The van der Waals surface area contributed by atoms with Crippen LogP contribution in [0.15, 0.2) is 66.9 Å². The molecule has 2 aromatic carbocycles. The van der Waals surface area contributed by atoms with Crippen LogP contribution in [0.2, 0.25) is 0 Å². The van der Waals surface area contributed by atoms with Crippen molar-refractivity contribution in [3.8, 4) is 5.75 Å². The number of anilines is 1. The third kappa shape index (κ3) is 7.06. The maximum atomic E-state index is 12.9. The zero-order valence-electron chi connectivity index (χ0n) is 16.2. The molecule has 3 rings (SSSR count). The van der Waals surface area contributed by atoms with Crippen LogP contribution < -0.4 is 10.6 Å². The molecule has 1 atom stereocenters. The second kappa shape index (κ2) is 11.3. The number of nitrogens with zero attached hydrogens (tertiary/aromatic N) is 1. The highest BCUT2D eigenvalue weighted by Crippen LogP contribution is 2.28. The molecule has 1 heterocycles. The van der Waals surface area contributed by atoms with E-state index >= 15 is 0 Å². The smallest absolute Gasteiger partial charge is 0.408 e. The standard InChI is InChI=1S/C22H19I2N3O4/c23-16-10-15(11-17(24)20(16)28)12-18(21(29)27-19-8-4-5-9-25-19)26-22(30)31-13-14-6-2-1-3-7-14/h1-11,18,28H,12-13H2,(H,26,30)(H,25,27,29)/t18-/m1/s1. The van der Waals surface area contributed by atoms with E-state index in [1.165, 1.54) is 0 Å². The highest BCUT2D eigenvalue weighted by atomic mass is 127. The molecule has 2 amide bonds. The Morgan fingerprint density at radius 2 is 1.68 bits per heavy atom. The van der Waals surface area contributed by atoms with Crippen LogP contribution in [0.3, 0.4) is 0 Å². The van der Waals surface area contributed by atoms with Gasteiger partial charge < -0.3 is 20.5 Å². The number of alkyl carbamates (subject to hydrolysis) is 1. The average Bonchev–Trinajstić information content (AvgIpc) is 2.77. The lowest BCUT2D eigenvalue weighted by Crippen LogP contribution is -2.45. The number of halogens is 2. The Kier molecular flexibility index (Phi) is 8.46. The molecule has 0 spiro atoms. The van der Waals surface area contributed by atoms with E-state index in [0.717, 1.165) is 11.1 Å².